The molecule has 0 radical (unpaired) electrons. The highest BCUT2D eigenvalue weighted by Crippen LogP contribution is 2.36. The summed E-state index contributed by atoms with van der Waals surface area (Å²) in [5.41, 5.74) is -1.47. The summed E-state index contributed by atoms with van der Waals surface area (Å²) in [5, 5.41) is 6.83. The van der Waals surface area contributed by atoms with Gasteiger partial charge in [0, 0.05) is 0 Å². The van der Waals surface area contributed by atoms with Crippen LogP contribution in [0.4, 0.5) is 13.2 Å². The summed E-state index contributed by atoms with van der Waals surface area (Å²) in [7, 11) is 0. The lowest BCUT2D eigenvalue weighted by molar-refractivity contribution is -0.140. The van der Waals surface area contributed by atoms with Gasteiger partial charge < -0.3 is 5.11 Å². The molecule has 1 aromatic carbocycles. The summed E-state index contributed by atoms with van der Waals surface area (Å²) in [6, 6.07) is 4.34. The third-order valence-corrected chi connectivity index (χ3v) is 2.18. The average molecular weight is 239 g/mol. The van der Waals surface area contributed by atoms with E-state index in [2.05, 4.69) is 0 Å². The highest BCUT2D eigenvalue weighted by atomic mass is 35.5. The molecule has 0 aliphatic rings. The Bertz CT molecular complexity index is 376. The smallest absolute Gasteiger partial charge is 0.416 e. The molecule has 1 rings (SSSR count). The topological polar surface area (TPSA) is 37.3 Å². The Hall–Kier alpha value is -1.23. The van der Waals surface area contributed by atoms with Crippen LogP contribution >= 0.6 is 11.6 Å². The minimum Gasteiger partial charge on any atom is -0.480 e. The van der Waals surface area contributed by atoms with Crippen LogP contribution in [-0.2, 0) is 11.0 Å². The maximum Gasteiger partial charge on any atom is 0.416 e. The predicted molar refractivity (Wildman–Crippen MR) is 47.7 cm³/mol. The van der Waals surface area contributed by atoms with Crippen molar-refractivity contribution in [2.45, 2.75) is 11.6 Å². The highest BCUT2D eigenvalue weighted by molar-refractivity contribution is 6.29. The summed E-state index contributed by atoms with van der Waals surface area (Å²) in [6.07, 6.45) is -4.60. The predicted octanol–water partition coefficient (Wildman–Crippen LogP) is 3.07. The SMILES string of the molecule is O=C(O)C(Cl)c1ccccc1C(F)(F)F. The van der Waals surface area contributed by atoms with Crippen LogP contribution in [0.5, 0.6) is 0 Å². The van der Waals surface area contributed by atoms with Crippen LogP contribution in [0.1, 0.15) is 16.5 Å². The van der Waals surface area contributed by atoms with Crippen molar-refractivity contribution in [3.63, 3.8) is 0 Å². The molecule has 82 valence electrons. The molecule has 6 heteroatoms. The molecule has 0 amide bonds. The van der Waals surface area contributed by atoms with Crippen molar-refractivity contribution >= 4 is 17.6 Å². The molecule has 15 heavy (non-hydrogen) atoms. The van der Waals surface area contributed by atoms with Gasteiger partial charge in [0.05, 0.1) is 5.56 Å². The van der Waals surface area contributed by atoms with E-state index in [0.29, 0.717) is 0 Å². The molecule has 1 unspecified atom stereocenters. The van der Waals surface area contributed by atoms with Crippen LogP contribution < -0.4 is 0 Å². The van der Waals surface area contributed by atoms with E-state index >= 15 is 0 Å². The summed E-state index contributed by atoms with van der Waals surface area (Å²) >= 11 is 5.35. The fraction of sp³-hybridized carbons (Fsp3) is 0.222. The van der Waals surface area contributed by atoms with Crippen molar-refractivity contribution in [2.75, 3.05) is 0 Å². The number of carbonyl (C=O) groups is 1. The van der Waals surface area contributed by atoms with Crippen LogP contribution in [0.15, 0.2) is 24.3 Å². The molecule has 0 aliphatic carbocycles. The standard InChI is InChI=1S/C9H6ClF3O2/c10-7(8(14)15)5-3-1-2-4-6(5)9(11,12)13/h1-4,7H,(H,14,15). The number of hydrogen-bond donors (Lipinski definition) is 1. The molecule has 0 aliphatic heterocycles. The molecular weight excluding hydrogens is 233 g/mol. The Morgan fingerprint density at radius 3 is 2.33 bits per heavy atom. The van der Waals surface area contributed by atoms with Crippen LogP contribution in [0, 0.1) is 0 Å². The van der Waals surface area contributed by atoms with Crippen molar-refractivity contribution in [3.8, 4) is 0 Å². The van der Waals surface area contributed by atoms with E-state index in [1.165, 1.54) is 12.1 Å². The van der Waals surface area contributed by atoms with Gasteiger partial charge in [-0.05, 0) is 11.6 Å². The molecule has 0 spiro atoms. The first kappa shape index (κ1) is 11.8. The van der Waals surface area contributed by atoms with E-state index < -0.39 is 28.6 Å². The second kappa shape index (κ2) is 4.10. The van der Waals surface area contributed by atoms with Crippen molar-refractivity contribution < 1.29 is 23.1 Å². The summed E-state index contributed by atoms with van der Waals surface area (Å²) in [4.78, 5) is 10.5. The van der Waals surface area contributed by atoms with Gasteiger partial charge in [0.25, 0.3) is 0 Å². The van der Waals surface area contributed by atoms with E-state index in [0.717, 1.165) is 12.1 Å². The minimum atomic E-state index is -4.60. The normalized spacial score (nSPS) is 13.6. The van der Waals surface area contributed by atoms with Crippen LogP contribution in [0.3, 0.4) is 0 Å². The molecule has 0 aromatic heterocycles. The quantitative estimate of drug-likeness (QED) is 0.804. The van der Waals surface area contributed by atoms with E-state index in [9.17, 15) is 18.0 Å². The van der Waals surface area contributed by atoms with Gasteiger partial charge in [-0.1, -0.05) is 18.2 Å². The molecule has 0 saturated heterocycles. The van der Waals surface area contributed by atoms with Gasteiger partial charge in [0.15, 0.2) is 5.38 Å². The average Bonchev–Trinajstić information content (AvgIpc) is 2.15. The third-order valence-electron chi connectivity index (χ3n) is 1.76. The lowest BCUT2D eigenvalue weighted by Crippen LogP contribution is -2.14. The number of hydrogen-bond acceptors (Lipinski definition) is 1. The van der Waals surface area contributed by atoms with Gasteiger partial charge >= 0.3 is 12.1 Å². The molecule has 1 N–H and O–H groups in total. The summed E-state index contributed by atoms with van der Waals surface area (Å²) in [5.74, 6) is -1.51. The van der Waals surface area contributed by atoms with Crippen LogP contribution in [0.25, 0.3) is 0 Å². The lowest BCUT2D eigenvalue weighted by Gasteiger charge is -2.13. The van der Waals surface area contributed by atoms with Crippen molar-refractivity contribution in [1.29, 1.82) is 0 Å². The molecule has 0 heterocycles. The Kier molecular flexibility index (Phi) is 3.24. The monoisotopic (exact) mass is 238 g/mol. The maximum absolute atomic E-state index is 12.4. The van der Waals surface area contributed by atoms with Crippen LogP contribution in [0.2, 0.25) is 0 Å². The fourth-order valence-corrected chi connectivity index (χ4v) is 1.30. The van der Waals surface area contributed by atoms with Gasteiger partial charge in [0.1, 0.15) is 0 Å². The third kappa shape index (κ3) is 2.62. The summed E-state index contributed by atoms with van der Waals surface area (Å²) < 4.78 is 37.3. The molecule has 2 nitrogen and oxygen atoms in total. The Morgan fingerprint density at radius 2 is 1.87 bits per heavy atom. The number of halogens is 4. The van der Waals surface area contributed by atoms with Gasteiger partial charge in [-0.3, -0.25) is 4.79 Å². The number of benzene rings is 1. The number of carboxylic acid groups (broad SMARTS) is 1. The fourth-order valence-electron chi connectivity index (χ4n) is 1.11. The molecule has 0 saturated carbocycles. The molecular formula is C9H6ClF3O2. The van der Waals surface area contributed by atoms with E-state index in [1.807, 2.05) is 0 Å². The molecule has 0 bridgehead atoms. The van der Waals surface area contributed by atoms with Crippen molar-refractivity contribution in [2.24, 2.45) is 0 Å². The zero-order valence-electron chi connectivity index (χ0n) is 7.25. The second-order valence-electron chi connectivity index (χ2n) is 2.79. The Morgan fingerprint density at radius 1 is 1.33 bits per heavy atom. The van der Waals surface area contributed by atoms with Gasteiger partial charge in [-0.2, -0.15) is 13.2 Å². The largest absolute Gasteiger partial charge is 0.480 e. The number of alkyl halides is 4. The van der Waals surface area contributed by atoms with Crippen molar-refractivity contribution in [1.82, 2.24) is 0 Å². The number of rotatable bonds is 2. The van der Waals surface area contributed by atoms with Crippen molar-refractivity contribution in [3.05, 3.63) is 35.4 Å². The van der Waals surface area contributed by atoms with Gasteiger partial charge in [0.2, 0.25) is 0 Å². The molecule has 1 atom stereocenters. The minimum absolute atomic E-state index is 0.445. The Balaban J connectivity index is 3.24. The van der Waals surface area contributed by atoms with Gasteiger partial charge in [-0.25, -0.2) is 0 Å². The molecule has 1 aromatic rings. The van der Waals surface area contributed by atoms with E-state index in [4.69, 9.17) is 16.7 Å². The first-order chi connectivity index (χ1) is 6.84. The van der Waals surface area contributed by atoms with E-state index in [-0.39, 0.29) is 0 Å². The number of carboxylic acids is 1. The molecule has 0 fully saturated rings. The second-order valence-corrected chi connectivity index (χ2v) is 3.22. The zero-order valence-corrected chi connectivity index (χ0v) is 8.01. The Labute approximate surface area is 88.3 Å². The van der Waals surface area contributed by atoms with Crippen LogP contribution in [-0.4, -0.2) is 11.1 Å². The highest BCUT2D eigenvalue weighted by Gasteiger charge is 2.36. The van der Waals surface area contributed by atoms with E-state index in [1.54, 1.807) is 0 Å². The zero-order chi connectivity index (χ0) is 11.6. The summed E-state index contributed by atoms with van der Waals surface area (Å²) in [6.45, 7) is 0. The lowest BCUT2D eigenvalue weighted by atomic mass is 10.0. The first-order valence-electron chi connectivity index (χ1n) is 3.87. The van der Waals surface area contributed by atoms with Gasteiger partial charge in [-0.15, -0.1) is 11.6 Å². The maximum atomic E-state index is 12.4. The number of aliphatic carboxylic acids is 1. The first-order valence-corrected chi connectivity index (χ1v) is 4.30.